The van der Waals surface area contributed by atoms with Gasteiger partial charge in [-0.25, -0.2) is 0 Å². The number of halogens is 2. The van der Waals surface area contributed by atoms with E-state index in [2.05, 4.69) is 53.3 Å². The van der Waals surface area contributed by atoms with E-state index in [0.717, 1.165) is 50.5 Å². The molecule has 146 valence electrons. The highest BCUT2D eigenvalue weighted by molar-refractivity contribution is 6.99. The molecule has 1 unspecified atom stereocenters. The van der Waals surface area contributed by atoms with Crippen LogP contribution in [0.15, 0.2) is 0 Å². The van der Waals surface area contributed by atoms with Gasteiger partial charge in [-0.05, 0) is 47.6 Å². The Morgan fingerprint density at radius 2 is 1.64 bits per heavy atom. The maximum absolute atomic E-state index is 10.7. The molecule has 2 aliphatic rings. The summed E-state index contributed by atoms with van der Waals surface area (Å²) in [6.45, 7) is 12.6. The minimum absolute atomic E-state index is 0. The van der Waals surface area contributed by atoms with Crippen LogP contribution in [0.1, 0.15) is 52.1 Å². The van der Waals surface area contributed by atoms with Crippen molar-refractivity contribution in [1.82, 2.24) is 18.7 Å². The summed E-state index contributed by atoms with van der Waals surface area (Å²) in [5.41, 5.74) is 0.523. The average Bonchev–Trinajstić information content (AvgIpc) is 2.95. The number of hydrogen-bond donors (Lipinski definition) is 1. The van der Waals surface area contributed by atoms with Gasteiger partial charge in [-0.3, -0.25) is 0 Å². The first-order valence-electron chi connectivity index (χ1n) is 8.48. The molecular formula is C16H31Cl2N5OS. The fraction of sp³-hybridized carbons (Fsp3) is 0.875. The fourth-order valence-corrected chi connectivity index (χ4v) is 4.63. The molecule has 25 heavy (non-hydrogen) atoms. The summed E-state index contributed by atoms with van der Waals surface area (Å²) >= 11 is 1.30. The highest BCUT2D eigenvalue weighted by atomic mass is 35.5. The van der Waals surface area contributed by atoms with Crippen molar-refractivity contribution in [1.29, 1.82) is 0 Å². The predicted molar refractivity (Wildman–Crippen MR) is 108 cm³/mol. The van der Waals surface area contributed by atoms with Crippen molar-refractivity contribution in [2.24, 2.45) is 0 Å². The number of hydroxylamine groups is 2. The average molecular weight is 412 g/mol. The van der Waals surface area contributed by atoms with Crippen molar-refractivity contribution in [3.05, 3.63) is 5.69 Å². The third-order valence-electron chi connectivity index (χ3n) is 5.65. The van der Waals surface area contributed by atoms with Crippen LogP contribution in [0.3, 0.4) is 0 Å². The van der Waals surface area contributed by atoms with Crippen molar-refractivity contribution in [3.63, 3.8) is 0 Å². The molecule has 1 atom stereocenters. The van der Waals surface area contributed by atoms with E-state index < -0.39 is 0 Å². The van der Waals surface area contributed by atoms with E-state index in [1.165, 1.54) is 11.7 Å². The number of likely N-dealkylation sites (N-methyl/N-ethyl adjacent to an activating group) is 1. The molecule has 0 radical (unpaired) electrons. The van der Waals surface area contributed by atoms with Crippen molar-refractivity contribution >= 4 is 42.4 Å². The van der Waals surface area contributed by atoms with Gasteiger partial charge < -0.3 is 15.0 Å². The van der Waals surface area contributed by atoms with Crippen molar-refractivity contribution in [2.45, 2.75) is 57.5 Å². The highest BCUT2D eigenvalue weighted by Crippen LogP contribution is 2.47. The fourth-order valence-electron chi connectivity index (χ4n) is 4.00. The predicted octanol–water partition coefficient (Wildman–Crippen LogP) is 3.26. The van der Waals surface area contributed by atoms with Crippen LogP contribution in [0.5, 0.6) is 0 Å². The second kappa shape index (κ2) is 8.23. The zero-order chi connectivity index (χ0) is 16.8. The molecule has 0 bridgehead atoms. The number of aromatic nitrogens is 2. The summed E-state index contributed by atoms with van der Waals surface area (Å²) in [6.07, 6.45) is 1.99. The van der Waals surface area contributed by atoms with E-state index in [0.29, 0.717) is 0 Å². The van der Waals surface area contributed by atoms with Gasteiger partial charge in [0, 0.05) is 43.2 Å². The molecule has 2 aliphatic heterocycles. The smallest absolute Gasteiger partial charge is 0.166 e. The minimum Gasteiger partial charge on any atom is -0.352 e. The van der Waals surface area contributed by atoms with Gasteiger partial charge in [0.25, 0.3) is 0 Å². The number of anilines is 1. The lowest BCUT2D eigenvalue weighted by Crippen LogP contribution is -2.60. The number of hydrogen-bond acceptors (Lipinski definition) is 7. The van der Waals surface area contributed by atoms with Gasteiger partial charge in [-0.15, -0.1) is 24.8 Å². The number of piperidine rings is 1. The lowest BCUT2D eigenvalue weighted by atomic mass is 9.72. The monoisotopic (exact) mass is 411 g/mol. The van der Waals surface area contributed by atoms with Gasteiger partial charge in [0.15, 0.2) is 5.82 Å². The molecule has 1 aromatic rings. The van der Waals surface area contributed by atoms with Crippen LogP contribution < -0.4 is 4.90 Å². The molecule has 2 saturated heterocycles. The minimum atomic E-state index is -0.348. The van der Waals surface area contributed by atoms with Crippen LogP contribution in [-0.2, 0) is 0 Å². The molecular weight excluding hydrogens is 381 g/mol. The molecule has 0 aliphatic carbocycles. The lowest BCUT2D eigenvalue weighted by Gasteiger charge is -2.52. The second-order valence-electron chi connectivity index (χ2n) is 8.13. The topological polar surface area (TPSA) is 55.7 Å². The van der Waals surface area contributed by atoms with Crippen LogP contribution in [0, 0.1) is 0 Å². The first-order chi connectivity index (χ1) is 10.7. The van der Waals surface area contributed by atoms with E-state index in [4.69, 9.17) is 0 Å². The summed E-state index contributed by atoms with van der Waals surface area (Å²) in [5.74, 6) is 1.24. The molecule has 3 rings (SSSR count). The Bertz CT molecular complexity index is 560. The third kappa shape index (κ3) is 4.22. The Balaban J connectivity index is 0.00000156. The largest absolute Gasteiger partial charge is 0.352 e. The molecule has 1 N–H and O–H groups in total. The SMILES string of the molecule is CN1CCN(c2nsnc2C2CCC(C)(C)N(O)C2(C)C)CC1.Cl.Cl. The standard InChI is InChI=1S/C16H29N5OS.2ClH/c1-15(2)7-6-12(16(3,4)21(15)22)13-14(18-23-17-13)20-10-8-19(5)9-11-20;;/h12,22H,6-11H2,1-5H3;2*1H. The van der Waals surface area contributed by atoms with Gasteiger partial charge in [0.1, 0.15) is 5.69 Å². The molecule has 2 fully saturated rings. The van der Waals surface area contributed by atoms with E-state index in [1.807, 2.05) is 0 Å². The van der Waals surface area contributed by atoms with Crippen molar-refractivity contribution in [2.75, 3.05) is 38.1 Å². The molecule has 0 spiro atoms. The number of piperazine rings is 1. The Kier molecular flexibility index (Phi) is 7.53. The summed E-state index contributed by atoms with van der Waals surface area (Å²) in [6, 6.07) is 0. The molecule has 0 aromatic carbocycles. The third-order valence-corrected chi connectivity index (χ3v) is 6.18. The van der Waals surface area contributed by atoms with Gasteiger partial charge in [-0.1, -0.05) is 0 Å². The van der Waals surface area contributed by atoms with E-state index >= 15 is 0 Å². The molecule has 0 amide bonds. The first kappa shape index (κ1) is 22.9. The summed E-state index contributed by atoms with van der Waals surface area (Å²) < 4.78 is 9.25. The Morgan fingerprint density at radius 3 is 2.24 bits per heavy atom. The van der Waals surface area contributed by atoms with Crippen LogP contribution in [0.25, 0.3) is 0 Å². The van der Waals surface area contributed by atoms with Crippen LogP contribution in [0.2, 0.25) is 0 Å². The Labute approximate surface area is 167 Å². The zero-order valence-electron chi connectivity index (χ0n) is 15.7. The summed E-state index contributed by atoms with van der Waals surface area (Å²) in [5, 5.41) is 12.3. The zero-order valence-corrected chi connectivity index (χ0v) is 18.2. The molecule has 1 aromatic heterocycles. The van der Waals surface area contributed by atoms with Gasteiger partial charge in [0.2, 0.25) is 0 Å². The van der Waals surface area contributed by atoms with Gasteiger partial charge in [-0.2, -0.15) is 13.8 Å². The maximum atomic E-state index is 10.7. The van der Waals surface area contributed by atoms with Gasteiger partial charge in [0.05, 0.1) is 11.7 Å². The van der Waals surface area contributed by atoms with Crippen LogP contribution in [0.4, 0.5) is 5.82 Å². The van der Waals surface area contributed by atoms with Crippen molar-refractivity contribution in [3.8, 4) is 0 Å². The molecule has 0 saturated carbocycles. The molecule has 6 nitrogen and oxygen atoms in total. The van der Waals surface area contributed by atoms with Gasteiger partial charge >= 0.3 is 0 Å². The Hall–Kier alpha value is -0.180. The van der Waals surface area contributed by atoms with E-state index in [-0.39, 0.29) is 41.8 Å². The van der Waals surface area contributed by atoms with Crippen LogP contribution in [-0.4, -0.2) is 68.2 Å². The number of rotatable bonds is 2. The molecule has 3 heterocycles. The second-order valence-corrected chi connectivity index (χ2v) is 8.66. The molecule has 9 heteroatoms. The highest BCUT2D eigenvalue weighted by Gasteiger charge is 2.49. The summed E-state index contributed by atoms with van der Waals surface area (Å²) in [4.78, 5) is 4.70. The maximum Gasteiger partial charge on any atom is 0.166 e. The normalized spacial score (nSPS) is 26.6. The lowest BCUT2D eigenvalue weighted by molar-refractivity contribution is -0.248. The van der Waals surface area contributed by atoms with Crippen molar-refractivity contribution < 1.29 is 5.21 Å². The quantitative estimate of drug-likeness (QED) is 0.805. The van der Waals surface area contributed by atoms with E-state index in [9.17, 15) is 5.21 Å². The number of nitrogens with zero attached hydrogens (tertiary/aromatic N) is 5. The van der Waals surface area contributed by atoms with E-state index in [1.54, 1.807) is 5.06 Å². The summed E-state index contributed by atoms with van der Waals surface area (Å²) in [7, 11) is 2.16. The van der Waals surface area contributed by atoms with Crippen LogP contribution >= 0.6 is 36.5 Å². The Morgan fingerprint density at radius 1 is 1.04 bits per heavy atom. The first-order valence-corrected chi connectivity index (χ1v) is 9.21.